The van der Waals surface area contributed by atoms with Crippen LogP contribution in [0.4, 0.5) is 11.4 Å². The first-order valence-corrected chi connectivity index (χ1v) is 7.75. The van der Waals surface area contributed by atoms with E-state index in [2.05, 4.69) is 0 Å². The predicted octanol–water partition coefficient (Wildman–Crippen LogP) is 3.06. The van der Waals surface area contributed by atoms with E-state index in [1.807, 2.05) is 13.0 Å². The summed E-state index contributed by atoms with van der Waals surface area (Å²) in [6.45, 7) is 1.90. The van der Waals surface area contributed by atoms with Crippen molar-refractivity contribution in [3.05, 3.63) is 53.1 Å². The molecule has 4 nitrogen and oxygen atoms in total. The summed E-state index contributed by atoms with van der Waals surface area (Å²) in [6.07, 6.45) is 0. The van der Waals surface area contributed by atoms with E-state index < -0.39 is 10.0 Å². The molecule has 2 aromatic rings. The summed E-state index contributed by atoms with van der Waals surface area (Å²) in [7, 11) is -2.31. The molecule has 0 aliphatic heterocycles. The maximum Gasteiger partial charge on any atom is 0.267 e. The van der Waals surface area contributed by atoms with Gasteiger partial charge in [-0.05, 0) is 36.8 Å². The Morgan fingerprint density at radius 3 is 2.40 bits per heavy atom. The second-order valence-electron chi connectivity index (χ2n) is 4.47. The van der Waals surface area contributed by atoms with Crippen molar-refractivity contribution in [2.75, 3.05) is 17.1 Å². The summed E-state index contributed by atoms with van der Waals surface area (Å²) in [6, 6.07) is 11.8. The van der Waals surface area contributed by atoms with Crippen molar-refractivity contribution >= 4 is 33.0 Å². The fourth-order valence-electron chi connectivity index (χ4n) is 1.90. The van der Waals surface area contributed by atoms with Gasteiger partial charge in [0.15, 0.2) is 0 Å². The van der Waals surface area contributed by atoms with Crippen LogP contribution in [0.15, 0.2) is 47.4 Å². The van der Waals surface area contributed by atoms with Crippen molar-refractivity contribution in [3.63, 3.8) is 0 Å². The number of nitrogens with two attached hydrogens (primary N) is 1. The molecule has 0 spiro atoms. The summed E-state index contributed by atoms with van der Waals surface area (Å²) < 4.78 is 26.5. The highest BCUT2D eigenvalue weighted by atomic mass is 35.5. The lowest BCUT2D eigenvalue weighted by atomic mass is 10.2. The zero-order valence-electron chi connectivity index (χ0n) is 11.2. The minimum Gasteiger partial charge on any atom is -0.398 e. The Labute approximate surface area is 123 Å². The van der Waals surface area contributed by atoms with Crippen LogP contribution < -0.4 is 10.0 Å². The number of sulfonamides is 1. The average Bonchev–Trinajstić information content (AvgIpc) is 2.37. The third-order valence-electron chi connectivity index (χ3n) is 2.98. The second-order valence-corrected chi connectivity index (χ2v) is 6.78. The minimum atomic E-state index is -3.79. The molecule has 0 aromatic heterocycles. The zero-order valence-corrected chi connectivity index (χ0v) is 12.7. The molecule has 2 N–H and O–H groups in total. The van der Waals surface area contributed by atoms with Crippen molar-refractivity contribution in [3.8, 4) is 0 Å². The predicted molar refractivity (Wildman–Crippen MR) is 82.6 cm³/mol. The van der Waals surface area contributed by atoms with E-state index in [-0.39, 0.29) is 15.6 Å². The summed E-state index contributed by atoms with van der Waals surface area (Å²) in [5.41, 5.74) is 7.43. The standard InChI is InChI=1S/C14H15ClN2O2S/c1-10-5-3-6-11(9-10)17(2)20(18,19)14-12(15)7-4-8-13(14)16/h3-9H,16H2,1-2H3. The number of rotatable bonds is 3. The van der Waals surface area contributed by atoms with Crippen LogP contribution in [-0.2, 0) is 10.0 Å². The fraction of sp³-hybridized carbons (Fsp3) is 0.143. The molecule has 20 heavy (non-hydrogen) atoms. The molecule has 0 atom stereocenters. The normalized spacial score (nSPS) is 11.3. The minimum absolute atomic E-state index is 0.0642. The van der Waals surface area contributed by atoms with Gasteiger partial charge >= 0.3 is 0 Å². The molecule has 2 rings (SSSR count). The molecule has 0 fully saturated rings. The van der Waals surface area contributed by atoms with Gasteiger partial charge in [-0.3, -0.25) is 4.31 Å². The summed E-state index contributed by atoms with van der Waals surface area (Å²) in [5.74, 6) is 0. The lowest BCUT2D eigenvalue weighted by molar-refractivity contribution is 0.595. The molecular formula is C14H15ClN2O2S. The molecule has 0 saturated carbocycles. The van der Waals surface area contributed by atoms with E-state index in [0.717, 1.165) is 5.56 Å². The van der Waals surface area contributed by atoms with Crippen molar-refractivity contribution in [1.29, 1.82) is 0 Å². The zero-order chi connectivity index (χ0) is 14.9. The molecule has 6 heteroatoms. The number of halogens is 1. The third kappa shape index (κ3) is 2.59. The molecule has 106 valence electrons. The van der Waals surface area contributed by atoms with Crippen LogP contribution in [0.25, 0.3) is 0 Å². The summed E-state index contributed by atoms with van der Waals surface area (Å²) >= 11 is 5.99. The van der Waals surface area contributed by atoms with Gasteiger partial charge in [-0.15, -0.1) is 0 Å². The molecular weight excluding hydrogens is 296 g/mol. The van der Waals surface area contributed by atoms with Gasteiger partial charge in [-0.2, -0.15) is 0 Å². The van der Waals surface area contributed by atoms with Crippen LogP contribution in [0.2, 0.25) is 5.02 Å². The molecule has 0 aliphatic carbocycles. The number of nitrogens with zero attached hydrogens (tertiary/aromatic N) is 1. The topological polar surface area (TPSA) is 63.4 Å². The van der Waals surface area contributed by atoms with Gasteiger partial charge in [0.1, 0.15) is 4.90 Å². The largest absolute Gasteiger partial charge is 0.398 e. The van der Waals surface area contributed by atoms with E-state index >= 15 is 0 Å². The maximum absolute atomic E-state index is 12.6. The lowest BCUT2D eigenvalue weighted by Crippen LogP contribution is -2.27. The highest BCUT2D eigenvalue weighted by Crippen LogP contribution is 2.31. The van der Waals surface area contributed by atoms with Crippen LogP contribution in [0.5, 0.6) is 0 Å². The van der Waals surface area contributed by atoms with Crippen LogP contribution in [0.3, 0.4) is 0 Å². The first-order valence-electron chi connectivity index (χ1n) is 5.93. The molecule has 0 saturated heterocycles. The van der Waals surface area contributed by atoms with E-state index in [0.29, 0.717) is 5.69 Å². The van der Waals surface area contributed by atoms with Crippen molar-refractivity contribution in [2.24, 2.45) is 0 Å². The molecule has 0 amide bonds. The molecule has 0 bridgehead atoms. The maximum atomic E-state index is 12.6. The van der Waals surface area contributed by atoms with Crippen LogP contribution in [-0.4, -0.2) is 15.5 Å². The van der Waals surface area contributed by atoms with Crippen LogP contribution in [0.1, 0.15) is 5.56 Å². The Balaban J connectivity index is 2.56. The van der Waals surface area contributed by atoms with Gasteiger partial charge in [0.2, 0.25) is 0 Å². The van der Waals surface area contributed by atoms with Gasteiger partial charge in [0.25, 0.3) is 10.0 Å². The van der Waals surface area contributed by atoms with Gasteiger partial charge in [-0.25, -0.2) is 8.42 Å². The molecule has 2 aromatic carbocycles. The average molecular weight is 311 g/mol. The van der Waals surface area contributed by atoms with E-state index in [1.54, 1.807) is 24.3 Å². The molecule has 0 unspecified atom stereocenters. The Morgan fingerprint density at radius 1 is 1.15 bits per heavy atom. The van der Waals surface area contributed by atoms with E-state index in [1.165, 1.54) is 23.5 Å². The van der Waals surface area contributed by atoms with E-state index in [9.17, 15) is 8.42 Å². The van der Waals surface area contributed by atoms with Gasteiger partial charge < -0.3 is 5.73 Å². The lowest BCUT2D eigenvalue weighted by Gasteiger charge is -2.21. The second kappa shape index (κ2) is 5.34. The fourth-order valence-corrected chi connectivity index (χ4v) is 3.72. The Bertz CT molecular complexity index is 724. The Kier molecular flexibility index (Phi) is 3.92. The summed E-state index contributed by atoms with van der Waals surface area (Å²) in [4.78, 5) is -0.0642. The number of nitrogen functional groups attached to an aromatic ring is 1. The van der Waals surface area contributed by atoms with Gasteiger partial charge in [0.05, 0.1) is 16.4 Å². The molecule has 0 aliphatic rings. The highest BCUT2D eigenvalue weighted by Gasteiger charge is 2.26. The van der Waals surface area contributed by atoms with Crippen molar-refractivity contribution in [2.45, 2.75) is 11.8 Å². The molecule has 0 radical (unpaired) electrons. The van der Waals surface area contributed by atoms with Crippen molar-refractivity contribution < 1.29 is 8.42 Å². The Hall–Kier alpha value is -1.72. The molecule has 0 heterocycles. The third-order valence-corrected chi connectivity index (χ3v) is 5.31. The van der Waals surface area contributed by atoms with Crippen LogP contribution >= 0.6 is 11.6 Å². The number of hydrogen-bond acceptors (Lipinski definition) is 3. The van der Waals surface area contributed by atoms with Crippen molar-refractivity contribution in [1.82, 2.24) is 0 Å². The number of anilines is 2. The SMILES string of the molecule is Cc1cccc(N(C)S(=O)(=O)c2c(N)cccc2Cl)c1. The first-order chi connectivity index (χ1) is 9.34. The smallest absolute Gasteiger partial charge is 0.267 e. The van der Waals surface area contributed by atoms with Gasteiger partial charge in [0, 0.05) is 7.05 Å². The first kappa shape index (κ1) is 14.7. The Morgan fingerprint density at radius 2 is 1.80 bits per heavy atom. The number of hydrogen-bond donors (Lipinski definition) is 1. The highest BCUT2D eigenvalue weighted by molar-refractivity contribution is 7.93. The van der Waals surface area contributed by atoms with Crippen LogP contribution in [0, 0.1) is 6.92 Å². The monoisotopic (exact) mass is 310 g/mol. The number of benzene rings is 2. The van der Waals surface area contributed by atoms with E-state index in [4.69, 9.17) is 17.3 Å². The quantitative estimate of drug-likeness (QED) is 0.886. The number of aryl methyl sites for hydroxylation is 1. The van der Waals surface area contributed by atoms with Gasteiger partial charge in [-0.1, -0.05) is 29.8 Å². The summed E-state index contributed by atoms with van der Waals surface area (Å²) in [5, 5.41) is 0.115.